The molecule has 14 heavy (non-hydrogen) atoms. The lowest BCUT2D eigenvalue weighted by molar-refractivity contribution is 1.25. The zero-order chi connectivity index (χ0) is 9.97. The van der Waals surface area contributed by atoms with Crippen LogP contribution in [-0.4, -0.2) is 9.97 Å². The summed E-state index contributed by atoms with van der Waals surface area (Å²) in [4.78, 5) is 8.30. The Hall–Kier alpha value is -0.930. The van der Waals surface area contributed by atoms with Gasteiger partial charge in [-0.2, -0.15) is 0 Å². The van der Waals surface area contributed by atoms with Crippen molar-refractivity contribution in [3.8, 4) is 11.3 Å². The topological polar surface area (TPSA) is 25.8 Å². The summed E-state index contributed by atoms with van der Waals surface area (Å²) in [6.45, 7) is 0. The highest BCUT2D eigenvalue weighted by Gasteiger charge is 1.99. The second-order valence-electron chi connectivity index (χ2n) is 2.72. The summed E-state index contributed by atoms with van der Waals surface area (Å²) >= 11 is 9.06. The second kappa shape index (κ2) is 4.07. The van der Waals surface area contributed by atoms with Gasteiger partial charge in [-0.15, -0.1) is 0 Å². The predicted octanol–water partition coefficient (Wildman–Crippen LogP) is 3.56. The monoisotopic (exact) mass is 268 g/mol. The van der Waals surface area contributed by atoms with Crippen LogP contribution in [0.4, 0.5) is 0 Å². The Morgan fingerprint density at radius 3 is 2.64 bits per heavy atom. The molecule has 2 nitrogen and oxygen atoms in total. The highest BCUT2D eigenvalue weighted by molar-refractivity contribution is 9.10. The Balaban J connectivity index is 2.44. The first-order valence-electron chi connectivity index (χ1n) is 4.00. The maximum absolute atomic E-state index is 5.79. The number of nitrogens with zero attached hydrogens (tertiary/aromatic N) is 2. The number of halogens is 2. The molecular weight excluding hydrogens is 263 g/mol. The fourth-order valence-electron chi connectivity index (χ4n) is 1.10. The number of hydrogen-bond donors (Lipinski definition) is 0. The van der Waals surface area contributed by atoms with Gasteiger partial charge in [0.25, 0.3) is 0 Å². The van der Waals surface area contributed by atoms with E-state index >= 15 is 0 Å². The molecule has 2 rings (SSSR count). The van der Waals surface area contributed by atoms with E-state index in [0.717, 1.165) is 15.9 Å². The molecule has 2 heterocycles. The quantitative estimate of drug-likeness (QED) is 0.740. The molecule has 0 aliphatic heterocycles. The Labute approximate surface area is 95.1 Å². The van der Waals surface area contributed by atoms with Crippen LogP contribution in [0.3, 0.4) is 0 Å². The third-order valence-corrected chi connectivity index (χ3v) is 2.42. The highest BCUT2D eigenvalue weighted by atomic mass is 79.9. The molecule has 0 N–H and O–H groups in total. The van der Waals surface area contributed by atoms with Crippen molar-refractivity contribution >= 4 is 27.5 Å². The van der Waals surface area contributed by atoms with Crippen LogP contribution in [0.1, 0.15) is 0 Å². The lowest BCUT2D eigenvalue weighted by Gasteiger charge is -2.00. The van der Waals surface area contributed by atoms with Crippen molar-refractivity contribution in [1.82, 2.24) is 9.97 Å². The average Bonchev–Trinajstić information content (AvgIpc) is 2.19. The number of hydrogen-bond acceptors (Lipinski definition) is 2. The maximum Gasteiger partial charge on any atom is 0.129 e. The maximum atomic E-state index is 5.79. The van der Waals surface area contributed by atoms with Gasteiger partial charge in [-0.1, -0.05) is 17.7 Å². The number of aromatic nitrogens is 2. The van der Waals surface area contributed by atoms with Crippen molar-refractivity contribution in [2.75, 3.05) is 0 Å². The van der Waals surface area contributed by atoms with Crippen LogP contribution in [0.5, 0.6) is 0 Å². The van der Waals surface area contributed by atoms with Crippen molar-refractivity contribution in [3.05, 3.63) is 46.3 Å². The summed E-state index contributed by atoms with van der Waals surface area (Å²) in [7, 11) is 0. The first-order chi connectivity index (χ1) is 6.75. The predicted molar refractivity (Wildman–Crippen MR) is 60.2 cm³/mol. The fraction of sp³-hybridized carbons (Fsp3) is 0. The summed E-state index contributed by atoms with van der Waals surface area (Å²) in [6.07, 6.45) is 1.75. The molecule has 0 fully saturated rings. The van der Waals surface area contributed by atoms with E-state index in [0.29, 0.717) is 5.15 Å². The standard InChI is InChI=1S/C10H6BrClN2/c11-9-5-4-7(6-13-9)8-2-1-3-10(12)14-8/h1-6H. The van der Waals surface area contributed by atoms with Crippen molar-refractivity contribution in [2.24, 2.45) is 0 Å². The van der Waals surface area contributed by atoms with Crippen LogP contribution >= 0.6 is 27.5 Å². The molecule has 2 aromatic rings. The average molecular weight is 270 g/mol. The van der Waals surface area contributed by atoms with E-state index in [9.17, 15) is 0 Å². The minimum absolute atomic E-state index is 0.491. The Bertz CT molecular complexity index is 442. The second-order valence-corrected chi connectivity index (χ2v) is 3.91. The molecule has 0 saturated carbocycles. The SMILES string of the molecule is Clc1cccc(-c2ccc(Br)nc2)n1. The number of rotatable bonds is 1. The molecule has 0 aliphatic rings. The Morgan fingerprint density at radius 2 is 2.00 bits per heavy atom. The van der Waals surface area contributed by atoms with Gasteiger partial charge in [0.05, 0.1) is 5.69 Å². The van der Waals surface area contributed by atoms with E-state index in [1.807, 2.05) is 24.3 Å². The van der Waals surface area contributed by atoms with E-state index in [2.05, 4.69) is 25.9 Å². The van der Waals surface area contributed by atoms with Crippen molar-refractivity contribution in [2.45, 2.75) is 0 Å². The molecule has 0 atom stereocenters. The smallest absolute Gasteiger partial charge is 0.129 e. The molecule has 0 bridgehead atoms. The van der Waals surface area contributed by atoms with Gasteiger partial charge in [0, 0.05) is 11.8 Å². The molecule has 0 unspecified atom stereocenters. The van der Waals surface area contributed by atoms with E-state index in [-0.39, 0.29) is 0 Å². The van der Waals surface area contributed by atoms with Gasteiger partial charge in [-0.25, -0.2) is 9.97 Å². The molecule has 70 valence electrons. The van der Waals surface area contributed by atoms with Crippen LogP contribution in [-0.2, 0) is 0 Å². The lowest BCUT2D eigenvalue weighted by Crippen LogP contribution is -1.84. The molecular formula is C10H6BrClN2. The number of pyridine rings is 2. The normalized spacial score (nSPS) is 10.1. The molecule has 0 aromatic carbocycles. The molecule has 4 heteroatoms. The summed E-state index contributed by atoms with van der Waals surface area (Å²) in [6, 6.07) is 9.33. The molecule has 0 spiro atoms. The first-order valence-corrected chi connectivity index (χ1v) is 5.17. The van der Waals surface area contributed by atoms with Gasteiger partial charge >= 0.3 is 0 Å². The largest absolute Gasteiger partial charge is 0.249 e. The molecule has 0 amide bonds. The van der Waals surface area contributed by atoms with Crippen molar-refractivity contribution < 1.29 is 0 Å². The lowest BCUT2D eigenvalue weighted by atomic mass is 10.2. The van der Waals surface area contributed by atoms with E-state index in [1.165, 1.54) is 0 Å². The van der Waals surface area contributed by atoms with Crippen LogP contribution in [0.25, 0.3) is 11.3 Å². The fourth-order valence-corrected chi connectivity index (χ4v) is 1.49. The minimum atomic E-state index is 0.491. The molecule has 0 aliphatic carbocycles. The Kier molecular flexibility index (Phi) is 2.79. The minimum Gasteiger partial charge on any atom is -0.249 e. The molecule has 0 saturated heterocycles. The van der Waals surface area contributed by atoms with Gasteiger partial charge in [-0.3, -0.25) is 0 Å². The zero-order valence-electron chi connectivity index (χ0n) is 7.11. The van der Waals surface area contributed by atoms with Crippen LogP contribution < -0.4 is 0 Å². The summed E-state index contributed by atoms with van der Waals surface area (Å²) in [5.74, 6) is 0. The van der Waals surface area contributed by atoms with E-state index in [1.54, 1.807) is 12.3 Å². The third-order valence-electron chi connectivity index (χ3n) is 1.74. The van der Waals surface area contributed by atoms with Gasteiger partial charge in [-0.05, 0) is 40.2 Å². The Morgan fingerprint density at radius 1 is 1.14 bits per heavy atom. The van der Waals surface area contributed by atoms with Gasteiger partial charge in [0.1, 0.15) is 9.76 Å². The zero-order valence-corrected chi connectivity index (χ0v) is 9.46. The highest BCUT2D eigenvalue weighted by Crippen LogP contribution is 2.19. The van der Waals surface area contributed by atoms with Crippen LogP contribution in [0, 0.1) is 0 Å². The van der Waals surface area contributed by atoms with Gasteiger partial charge < -0.3 is 0 Å². The summed E-state index contributed by atoms with van der Waals surface area (Å²) in [5.41, 5.74) is 1.79. The first kappa shape index (κ1) is 9.62. The van der Waals surface area contributed by atoms with Crippen LogP contribution in [0.2, 0.25) is 5.15 Å². The van der Waals surface area contributed by atoms with Crippen molar-refractivity contribution in [3.63, 3.8) is 0 Å². The summed E-state index contributed by atoms with van der Waals surface area (Å²) < 4.78 is 0.809. The molecule has 2 aromatic heterocycles. The molecule has 0 radical (unpaired) electrons. The van der Waals surface area contributed by atoms with Gasteiger partial charge in [0.15, 0.2) is 0 Å². The van der Waals surface area contributed by atoms with Crippen LogP contribution in [0.15, 0.2) is 41.1 Å². The van der Waals surface area contributed by atoms with E-state index in [4.69, 9.17) is 11.6 Å². The third kappa shape index (κ3) is 2.11. The summed E-state index contributed by atoms with van der Waals surface area (Å²) in [5, 5.41) is 0.491. The van der Waals surface area contributed by atoms with Gasteiger partial charge in [0.2, 0.25) is 0 Å². The van der Waals surface area contributed by atoms with Crippen molar-refractivity contribution in [1.29, 1.82) is 0 Å². The van der Waals surface area contributed by atoms with E-state index < -0.39 is 0 Å².